The standard InChI is InChI=1S/C16H22N2O/c1-12-7-13(2)14(15(8-12)19-4)9-18(3)11-16(10-17)5-6-16/h7-8H,5-6,9,11H2,1-4H3. The first-order chi connectivity index (χ1) is 8.99. The fraction of sp³-hybridized carbons (Fsp3) is 0.562. The van der Waals surface area contributed by atoms with E-state index in [9.17, 15) is 0 Å². The summed E-state index contributed by atoms with van der Waals surface area (Å²) in [6, 6.07) is 6.71. The van der Waals surface area contributed by atoms with Crippen LogP contribution in [0.4, 0.5) is 0 Å². The fourth-order valence-electron chi connectivity index (χ4n) is 2.64. The summed E-state index contributed by atoms with van der Waals surface area (Å²) < 4.78 is 5.49. The number of ether oxygens (including phenoxy) is 1. The molecule has 1 aromatic carbocycles. The molecule has 0 amide bonds. The molecule has 3 nitrogen and oxygen atoms in total. The van der Waals surface area contributed by atoms with E-state index in [1.165, 1.54) is 16.7 Å². The van der Waals surface area contributed by atoms with Crippen molar-refractivity contribution in [3.8, 4) is 11.8 Å². The highest BCUT2D eigenvalue weighted by Gasteiger charge is 2.43. The van der Waals surface area contributed by atoms with Crippen LogP contribution in [-0.2, 0) is 6.54 Å². The van der Waals surface area contributed by atoms with E-state index in [2.05, 4.69) is 44.0 Å². The summed E-state index contributed by atoms with van der Waals surface area (Å²) in [7, 11) is 3.80. The highest BCUT2D eigenvalue weighted by Crippen LogP contribution is 2.45. The van der Waals surface area contributed by atoms with Gasteiger partial charge in [0.15, 0.2) is 0 Å². The third-order valence-corrected chi connectivity index (χ3v) is 3.89. The Balaban J connectivity index is 2.12. The number of hydrogen-bond donors (Lipinski definition) is 0. The zero-order valence-corrected chi connectivity index (χ0v) is 12.3. The summed E-state index contributed by atoms with van der Waals surface area (Å²) in [5, 5.41) is 9.16. The molecular formula is C16H22N2O. The van der Waals surface area contributed by atoms with E-state index in [1.807, 2.05) is 0 Å². The highest BCUT2D eigenvalue weighted by molar-refractivity contribution is 5.43. The number of hydrogen-bond acceptors (Lipinski definition) is 3. The Kier molecular flexibility index (Phi) is 3.82. The van der Waals surface area contributed by atoms with Gasteiger partial charge in [-0.1, -0.05) is 6.07 Å². The van der Waals surface area contributed by atoms with Crippen molar-refractivity contribution in [3.63, 3.8) is 0 Å². The molecule has 1 aliphatic rings. The first kappa shape index (κ1) is 13.9. The Labute approximate surface area is 115 Å². The second-order valence-corrected chi connectivity index (χ2v) is 5.83. The molecule has 1 aliphatic carbocycles. The largest absolute Gasteiger partial charge is 0.496 e. The maximum absolute atomic E-state index is 9.16. The van der Waals surface area contributed by atoms with Crippen molar-refractivity contribution >= 4 is 0 Å². The van der Waals surface area contributed by atoms with E-state index >= 15 is 0 Å². The maximum atomic E-state index is 9.16. The van der Waals surface area contributed by atoms with Gasteiger partial charge in [-0.05, 0) is 50.9 Å². The molecule has 1 saturated carbocycles. The summed E-state index contributed by atoms with van der Waals surface area (Å²) in [4.78, 5) is 2.23. The number of methoxy groups -OCH3 is 1. The summed E-state index contributed by atoms with van der Waals surface area (Å²) in [5.74, 6) is 0.950. The van der Waals surface area contributed by atoms with Crippen molar-refractivity contribution in [1.82, 2.24) is 4.90 Å². The molecule has 0 unspecified atom stereocenters. The number of nitrogens with zero attached hydrogens (tertiary/aromatic N) is 2. The monoisotopic (exact) mass is 258 g/mol. The second kappa shape index (κ2) is 5.22. The molecule has 0 radical (unpaired) electrons. The minimum atomic E-state index is -0.0828. The van der Waals surface area contributed by atoms with E-state index in [0.29, 0.717) is 0 Å². The molecule has 1 fully saturated rings. The Morgan fingerprint density at radius 2 is 2.05 bits per heavy atom. The average Bonchev–Trinajstić information content (AvgIpc) is 3.12. The van der Waals surface area contributed by atoms with Crippen molar-refractivity contribution in [2.24, 2.45) is 5.41 Å². The minimum absolute atomic E-state index is 0.0828. The van der Waals surface area contributed by atoms with Gasteiger partial charge in [0.1, 0.15) is 5.75 Å². The predicted molar refractivity (Wildman–Crippen MR) is 76.1 cm³/mol. The lowest BCUT2D eigenvalue weighted by molar-refractivity contribution is 0.280. The minimum Gasteiger partial charge on any atom is -0.496 e. The predicted octanol–water partition coefficient (Wildman–Crippen LogP) is 3.05. The van der Waals surface area contributed by atoms with Gasteiger partial charge in [-0.15, -0.1) is 0 Å². The lowest BCUT2D eigenvalue weighted by atomic mass is 10.0. The molecule has 0 spiro atoms. The van der Waals surface area contributed by atoms with Crippen LogP contribution >= 0.6 is 0 Å². The van der Waals surface area contributed by atoms with Crippen LogP contribution in [0.5, 0.6) is 5.75 Å². The van der Waals surface area contributed by atoms with Crippen molar-refractivity contribution in [1.29, 1.82) is 5.26 Å². The summed E-state index contributed by atoms with van der Waals surface area (Å²) >= 11 is 0. The van der Waals surface area contributed by atoms with Crippen molar-refractivity contribution in [2.45, 2.75) is 33.2 Å². The van der Waals surface area contributed by atoms with E-state index in [0.717, 1.165) is 31.7 Å². The molecular weight excluding hydrogens is 236 g/mol. The van der Waals surface area contributed by atoms with Crippen LogP contribution in [0, 0.1) is 30.6 Å². The van der Waals surface area contributed by atoms with Gasteiger partial charge in [-0.3, -0.25) is 0 Å². The van der Waals surface area contributed by atoms with Gasteiger partial charge < -0.3 is 9.64 Å². The molecule has 0 atom stereocenters. The molecule has 19 heavy (non-hydrogen) atoms. The molecule has 0 bridgehead atoms. The van der Waals surface area contributed by atoms with E-state index in [1.54, 1.807) is 7.11 Å². The summed E-state index contributed by atoms with van der Waals surface area (Å²) in [6.07, 6.45) is 2.08. The second-order valence-electron chi connectivity index (χ2n) is 5.83. The molecule has 0 aliphatic heterocycles. The van der Waals surface area contributed by atoms with Gasteiger partial charge in [0.25, 0.3) is 0 Å². The van der Waals surface area contributed by atoms with E-state index in [-0.39, 0.29) is 5.41 Å². The first-order valence-corrected chi connectivity index (χ1v) is 6.73. The van der Waals surface area contributed by atoms with Gasteiger partial charge in [-0.25, -0.2) is 0 Å². The summed E-state index contributed by atoms with van der Waals surface area (Å²) in [5.41, 5.74) is 3.62. The fourth-order valence-corrected chi connectivity index (χ4v) is 2.64. The molecule has 0 aromatic heterocycles. The molecule has 0 saturated heterocycles. The Morgan fingerprint density at radius 1 is 1.37 bits per heavy atom. The SMILES string of the molecule is COc1cc(C)cc(C)c1CN(C)CC1(C#N)CC1. The number of aryl methyl sites for hydroxylation is 2. The van der Waals surface area contributed by atoms with Crippen LogP contribution in [-0.4, -0.2) is 25.6 Å². The normalized spacial score (nSPS) is 16.2. The smallest absolute Gasteiger partial charge is 0.123 e. The molecule has 0 heterocycles. The van der Waals surface area contributed by atoms with Crippen LogP contribution < -0.4 is 4.74 Å². The zero-order chi connectivity index (χ0) is 14.0. The zero-order valence-electron chi connectivity index (χ0n) is 12.3. The Bertz CT molecular complexity index is 512. The van der Waals surface area contributed by atoms with Gasteiger partial charge in [0.05, 0.1) is 18.6 Å². The van der Waals surface area contributed by atoms with E-state index < -0.39 is 0 Å². The average molecular weight is 258 g/mol. The number of benzene rings is 1. The summed E-state index contributed by atoms with van der Waals surface area (Å²) in [6.45, 7) is 5.88. The lowest BCUT2D eigenvalue weighted by Gasteiger charge is -2.22. The molecule has 3 heteroatoms. The highest BCUT2D eigenvalue weighted by atomic mass is 16.5. The van der Waals surface area contributed by atoms with Crippen LogP contribution in [0.25, 0.3) is 0 Å². The lowest BCUT2D eigenvalue weighted by Crippen LogP contribution is -2.26. The quantitative estimate of drug-likeness (QED) is 0.814. The van der Waals surface area contributed by atoms with Gasteiger partial charge in [0.2, 0.25) is 0 Å². The van der Waals surface area contributed by atoms with Crippen LogP contribution in [0.15, 0.2) is 12.1 Å². The molecule has 102 valence electrons. The first-order valence-electron chi connectivity index (χ1n) is 6.73. The van der Waals surface area contributed by atoms with E-state index in [4.69, 9.17) is 10.00 Å². The topological polar surface area (TPSA) is 36.3 Å². The molecule has 1 aromatic rings. The van der Waals surface area contributed by atoms with Crippen LogP contribution in [0.1, 0.15) is 29.5 Å². The van der Waals surface area contributed by atoms with Crippen LogP contribution in [0.2, 0.25) is 0 Å². The van der Waals surface area contributed by atoms with Crippen LogP contribution in [0.3, 0.4) is 0 Å². The van der Waals surface area contributed by atoms with Gasteiger partial charge >= 0.3 is 0 Å². The molecule has 0 N–H and O–H groups in total. The third kappa shape index (κ3) is 3.08. The van der Waals surface area contributed by atoms with Crippen molar-refractivity contribution in [3.05, 3.63) is 28.8 Å². The van der Waals surface area contributed by atoms with Crippen molar-refractivity contribution < 1.29 is 4.74 Å². The maximum Gasteiger partial charge on any atom is 0.123 e. The molecule has 2 rings (SSSR count). The Hall–Kier alpha value is -1.53. The third-order valence-electron chi connectivity index (χ3n) is 3.89. The number of rotatable bonds is 5. The van der Waals surface area contributed by atoms with Gasteiger partial charge in [-0.2, -0.15) is 5.26 Å². The van der Waals surface area contributed by atoms with Crippen molar-refractivity contribution in [2.75, 3.05) is 20.7 Å². The Morgan fingerprint density at radius 3 is 2.58 bits per heavy atom. The van der Waals surface area contributed by atoms with Gasteiger partial charge in [0, 0.05) is 18.7 Å². The number of nitriles is 1.